The number of aromatic nitrogens is 1. The molecule has 1 aromatic heterocycles. The minimum absolute atomic E-state index is 0.597. The summed E-state index contributed by atoms with van der Waals surface area (Å²) in [7, 11) is 0. The van der Waals surface area contributed by atoms with Crippen molar-refractivity contribution >= 4 is 16.5 Å². The number of thiazole rings is 1. The van der Waals surface area contributed by atoms with E-state index in [0.29, 0.717) is 0 Å². The average Bonchev–Trinajstić information content (AvgIpc) is 2.63. The van der Waals surface area contributed by atoms with Crippen LogP contribution in [0.4, 0.5) is 5.13 Å². The summed E-state index contributed by atoms with van der Waals surface area (Å²) in [5.41, 5.74) is 0.504. The molecule has 1 aromatic rings. The number of rotatable bonds is 3. The summed E-state index contributed by atoms with van der Waals surface area (Å²) < 4.78 is 0. The summed E-state index contributed by atoms with van der Waals surface area (Å²) in [6.07, 6.45) is 0. The number of nitrogens with zero attached hydrogens (tertiary/aromatic N) is 3. The Balaban J connectivity index is 1.86. The van der Waals surface area contributed by atoms with Crippen LogP contribution in [0.2, 0.25) is 0 Å². The van der Waals surface area contributed by atoms with Crippen molar-refractivity contribution in [2.24, 2.45) is 0 Å². The highest BCUT2D eigenvalue weighted by Crippen LogP contribution is 2.21. The molecule has 2 heterocycles. The Hall–Kier alpha value is -0.650. The van der Waals surface area contributed by atoms with Crippen molar-refractivity contribution in [3.8, 4) is 0 Å². The molecule has 0 atom stereocenters. The van der Waals surface area contributed by atoms with Crippen molar-refractivity contribution in [3.05, 3.63) is 11.1 Å². The molecule has 0 saturated carbocycles. The zero-order valence-corrected chi connectivity index (χ0v) is 11.6. The molecule has 0 aromatic carbocycles. The van der Waals surface area contributed by atoms with E-state index in [1.807, 2.05) is 20.8 Å². The lowest BCUT2D eigenvalue weighted by molar-refractivity contribution is 0.0345. The van der Waals surface area contributed by atoms with Crippen molar-refractivity contribution < 1.29 is 5.11 Å². The molecule has 17 heavy (non-hydrogen) atoms. The Bertz CT molecular complexity index is 364. The van der Waals surface area contributed by atoms with Crippen LogP contribution in [0.3, 0.4) is 0 Å². The lowest BCUT2D eigenvalue weighted by Gasteiger charge is -2.37. The van der Waals surface area contributed by atoms with E-state index in [0.717, 1.165) is 43.5 Å². The fourth-order valence-corrected chi connectivity index (χ4v) is 2.99. The first-order valence-corrected chi connectivity index (χ1v) is 6.94. The molecule has 1 aliphatic rings. The van der Waals surface area contributed by atoms with Crippen LogP contribution in [0.25, 0.3) is 0 Å². The van der Waals surface area contributed by atoms with Gasteiger partial charge in [0.1, 0.15) is 0 Å². The van der Waals surface area contributed by atoms with Gasteiger partial charge in [-0.05, 0) is 20.8 Å². The van der Waals surface area contributed by atoms with Crippen molar-refractivity contribution in [3.63, 3.8) is 0 Å². The van der Waals surface area contributed by atoms with Gasteiger partial charge in [-0.3, -0.25) is 4.90 Å². The number of hydrogen-bond donors (Lipinski definition) is 1. The molecule has 0 spiro atoms. The SMILES string of the molecule is Cc1csc(N2CCN(CC(C)(C)O)CC2)n1. The molecular weight excluding hydrogens is 234 g/mol. The second kappa shape index (κ2) is 4.92. The highest BCUT2D eigenvalue weighted by molar-refractivity contribution is 7.13. The van der Waals surface area contributed by atoms with E-state index >= 15 is 0 Å². The van der Waals surface area contributed by atoms with E-state index in [1.165, 1.54) is 0 Å². The van der Waals surface area contributed by atoms with Crippen LogP contribution >= 0.6 is 11.3 Å². The minimum atomic E-state index is -0.597. The van der Waals surface area contributed by atoms with Crippen molar-refractivity contribution in [1.29, 1.82) is 0 Å². The van der Waals surface area contributed by atoms with E-state index in [1.54, 1.807) is 11.3 Å². The summed E-state index contributed by atoms with van der Waals surface area (Å²) in [5, 5.41) is 13.0. The molecule has 1 N–H and O–H groups in total. The van der Waals surface area contributed by atoms with Crippen molar-refractivity contribution in [2.45, 2.75) is 26.4 Å². The molecule has 1 fully saturated rings. The van der Waals surface area contributed by atoms with E-state index in [4.69, 9.17) is 0 Å². The Morgan fingerprint density at radius 1 is 1.35 bits per heavy atom. The van der Waals surface area contributed by atoms with Gasteiger partial charge < -0.3 is 10.0 Å². The quantitative estimate of drug-likeness (QED) is 0.885. The number of anilines is 1. The Kier molecular flexibility index (Phi) is 3.70. The Morgan fingerprint density at radius 2 is 2.00 bits per heavy atom. The van der Waals surface area contributed by atoms with Crippen LogP contribution in [0, 0.1) is 6.92 Å². The highest BCUT2D eigenvalue weighted by Gasteiger charge is 2.23. The predicted octanol–water partition coefficient (Wildman–Crippen LogP) is 1.34. The van der Waals surface area contributed by atoms with E-state index in [9.17, 15) is 5.11 Å². The number of piperazine rings is 1. The molecule has 0 radical (unpaired) electrons. The first kappa shape index (κ1) is 12.8. The van der Waals surface area contributed by atoms with Crippen LogP contribution in [0.5, 0.6) is 0 Å². The Morgan fingerprint density at radius 3 is 2.47 bits per heavy atom. The molecule has 0 aliphatic carbocycles. The van der Waals surface area contributed by atoms with Gasteiger partial charge in [-0.25, -0.2) is 4.98 Å². The first-order chi connectivity index (χ1) is 7.94. The lowest BCUT2D eigenvalue weighted by Crippen LogP contribution is -2.50. The summed E-state index contributed by atoms with van der Waals surface area (Å²) in [6, 6.07) is 0. The van der Waals surface area contributed by atoms with E-state index in [2.05, 4.69) is 20.2 Å². The second-order valence-electron chi connectivity index (χ2n) is 5.35. The highest BCUT2D eigenvalue weighted by atomic mass is 32.1. The maximum atomic E-state index is 9.79. The Labute approximate surface area is 107 Å². The van der Waals surface area contributed by atoms with Gasteiger partial charge in [0.05, 0.1) is 11.3 Å². The molecule has 5 heteroatoms. The van der Waals surface area contributed by atoms with E-state index in [-0.39, 0.29) is 0 Å². The van der Waals surface area contributed by atoms with Gasteiger partial charge in [0.15, 0.2) is 5.13 Å². The van der Waals surface area contributed by atoms with Crippen molar-refractivity contribution in [1.82, 2.24) is 9.88 Å². The third-order valence-corrected chi connectivity index (χ3v) is 3.88. The van der Waals surface area contributed by atoms with Gasteiger partial charge in [0, 0.05) is 38.1 Å². The van der Waals surface area contributed by atoms with Crippen LogP contribution in [0.15, 0.2) is 5.38 Å². The van der Waals surface area contributed by atoms with Gasteiger partial charge in [-0.1, -0.05) is 0 Å². The van der Waals surface area contributed by atoms with Gasteiger partial charge >= 0.3 is 0 Å². The topological polar surface area (TPSA) is 39.6 Å². The summed E-state index contributed by atoms with van der Waals surface area (Å²) in [6.45, 7) is 10.5. The molecule has 4 nitrogen and oxygen atoms in total. The van der Waals surface area contributed by atoms with Gasteiger partial charge in [0.25, 0.3) is 0 Å². The molecule has 2 rings (SSSR count). The normalized spacial score (nSPS) is 18.7. The molecule has 1 saturated heterocycles. The maximum Gasteiger partial charge on any atom is 0.185 e. The average molecular weight is 255 g/mol. The standard InChI is InChI=1S/C12H21N3OS/c1-10-8-17-11(13-10)15-6-4-14(5-7-15)9-12(2,3)16/h8,16H,4-7,9H2,1-3H3. The number of aliphatic hydroxyl groups is 1. The summed E-state index contributed by atoms with van der Waals surface area (Å²) >= 11 is 1.72. The minimum Gasteiger partial charge on any atom is -0.389 e. The first-order valence-electron chi connectivity index (χ1n) is 6.06. The van der Waals surface area contributed by atoms with Gasteiger partial charge in [-0.2, -0.15) is 0 Å². The number of aryl methyl sites for hydroxylation is 1. The molecule has 96 valence electrons. The smallest absolute Gasteiger partial charge is 0.185 e. The molecule has 1 aliphatic heterocycles. The summed E-state index contributed by atoms with van der Waals surface area (Å²) in [4.78, 5) is 9.16. The van der Waals surface area contributed by atoms with Crippen molar-refractivity contribution in [2.75, 3.05) is 37.6 Å². The third kappa shape index (κ3) is 3.66. The van der Waals surface area contributed by atoms with Gasteiger partial charge in [-0.15, -0.1) is 11.3 Å². The molecule has 0 unspecified atom stereocenters. The van der Waals surface area contributed by atoms with Gasteiger partial charge in [0.2, 0.25) is 0 Å². The maximum absolute atomic E-state index is 9.79. The van der Waals surface area contributed by atoms with E-state index < -0.39 is 5.60 Å². The fourth-order valence-electron chi connectivity index (χ4n) is 2.13. The zero-order chi connectivity index (χ0) is 12.5. The fraction of sp³-hybridized carbons (Fsp3) is 0.750. The third-order valence-electron chi connectivity index (χ3n) is 2.86. The number of β-amino-alcohol motifs (C(OH)–C–C–N with tert-alkyl or cyclic N) is 1. The van der Waals surface area contributed by atoms with Crippen LogP contribution in [0.1, 0.15) is 19.5 Å². The molecule has 0 bridgehead atoms. The summed E-state index contributed by atoms with van der Waals surface area (Å²) in [5.74, 6) is 0. The van der Waals surface area contributed by atoms with Crippen LogP contribution < -0.4 is 4.90 Å². The second-order valence-corrected chi connectivity index (χ2v) is 6.18. The van der Waals surface area contributed by atoms with Crippen LogP contribution in [-0.2, 0) is 0 Å². The lowest BCUT2D eigenvalue weighted by atomic mass is 10.1. The largest absolute Gasteiger partial charge is 0.389 e. The predicted molar refractivity (Wildman–Crippen MR) is 71.8 cm³/mol. The number of hydrogen-bond acceptors (Lipinski definition) is 5. The molecule has 0 amide bonds. The molecular formula is C12H21N3OS. The monoisotopic (exact) mass is 255 g/mol. The van der Waals surface area contributed by atoms with Crippen LogP contribution in [-0.4, -0.2) is 53.3 Å². The zero-order valence-electron chi connectivity index (χ0n) is 10.8.